The molecular formula is C20H23NO. The third-order valence-corrected chi connectivity index (χ3v) is 4.17. The molecule has 0 atom stereocenters. The molecule has 0 amide bonds. The van der Waals surface area contributed by atoms with Crippen molar-refractivity contribution < 1.29 is 4.74 Å². The maximum Gasteiger partial charge on any atom is 0.120 e. The minimum absolute atomic E-state index is 0.918. The largest absolute Gasteiger partial charge is 0.497 e. The first-order valence-electron chi connectivity index (χ1n) is 8.06. The van der Waals surface area contributed by atoms with Gasteiger partial charge in [0.05, 0.1) is 12.6 Å². The Morgan fingerprint density at radius 2 is 1.77 bits per heavy atom. The summed E-state index contributed by atoms with van der Waals surface area (Å²) >= 11 is 0. The van der Waals surface area contributed by atoms with Gasteiger partial charge in [-0.3, -0.25) is 0 Å². The Balaban J connectivity index is 2.11. The zero-order valence-electron chi connectivity index (χ0n) is 13.4. The Kier molecular flexibility index (Phi) is 4.47. The van der Waals surface area contributed by atoms with Gasteiger partial charge in [-0.1, -0.05) is 50.1 Å². The fourth-order valence-corrected chi connectivity index (χ4v) is 2.97. The van der Waals surface area contributed by atoms with Gasteiger partial charge in [0, 0.05) is 23.7 Å². The Morgan fingerprint density at radius 1 is 0.955 bits per heavy atom. The average Bonchev–Trinajstić information content (AvgIpc) is 2.94. The summed E-state index contributed by atoms with van der Waals surface area (Å²) in [5, 5.41) is 1.27. The van der Waals surface area contributed by atoms with Gasteiger partial charge in [0.1, 0.15) is 5.75 Å². The predicted molar refractivity (Wildman–Crippen MR) is 93.5 cm³/mol. The number of methoxy groups -OCH3 is 1. The number of aromatic nitrogens is 1. The highest BCUT2D eigenvalue weighted by molar-refractivity contribution is 5.88. The SMILES string of the molecule is CCCCCn1c(-c2ccccc2)cc2ccc(OC)cc21. The molecule has 3 rings (SSSR count). The van der Waals surface area contributed by atoms with Crippen LogP contribution in [0.1, 0.15) is 26.2 Å². The molecular weight excluding hydrogens is 270 g/mol. The lowest BCUT2D eigenvalue weighted by Gasteiger charge is -2.11. The molecule has 0 unspecified atom stereocenters. The van der Waals surface area contributed by atoms with Crippen LogP contribution in [0.5, 0.6) is 5.75 Å². The molecule has 0 aliphatic carbocycles. The molecule has 3 aromatic rings. The van der Waals surface area contributed by atoms with Crippen LogP contribution in [0, 0.1) is 0 Å². The smallest absolute Gasteiger partial charge is 0.120 e. The van der Waals surface area contributed by atoms with E-state index in [1.54, 1.807) is 7.11 Å². The summed E-state index contributed by atoms with van der Waals surface area (Å²) in [6, 6.07) is 19.3. The molecule has 0 bridgehead atoms. The normalized spacial score (nSPS) is 11.0. The number of hydrogen-bond donors (Lipinski definition) is 0. The van der Waals surface area contributed by atoms with E-state index >= 15 is 0 Å². The van der Waals surface area contributed by atoms with Crippen LogP contribution in [0.15, 0.2) is 54.6 Å². The number of aryl methyl sites for hydroxylation is 1. The number of rotatable bonds is 6. The number of nitrogens with zero attached hydrogens (tertiary/aromatic N) is 1. The minimum Gasteiger partial charge on any atom is -0.497 e. The summed E-state index contributed by atoms with van der Waals surface area (Å²) in [5.41, 5.74) is 3.82. The van der Waals surface area contributed by atoms with Crippen molar-refractivity contribution in [1.82, 2.24) is 4.57 Å². The molecule has 1 aromatic heterocycles. The summed E-state index contributed by atoms with van der Waals surface area (Å²) in [6.45, 7) is 3.30. The van der Waals surface area contributed by atoms with Crippen LogP contribution in [0.3, 0.4) is 0 Å². The first-order chi connectivity index (χ1) is 10.8. The molecule has 1 heterocycles. The van der Waals surface area contributed by atoms with E-state index in [-0.39, 0.29) is 0 Å². The molecule has 2 heteroatoms. The minimum atomic E-state index is 0.918. The van der Waals surface area contributed by atoms with E-state index in [2.05, 4.69) is 60.0 Å². The van der Waals surface area contributed by atoms with E-state index in [0.29, 0.717) is 0 Å². The zero-order chi connectivity index (χ0) is 15.4. The number of hydrogen-bond acceptors (Lipinski definition) is 1. The van der Waals surface area contributed by atoms with Crippen LogP contribution in [-0.4, -0.2) is 11.7 Å². The lowest BCUT2D eigenvalue weighted by Crippen LogP contribution is -2.00. The van der Waals surface area contributed by atoms with Crippen molar-refractivity contribution in [1.29, 1.82) is 0 Å². The van der Waals surface area contributed by atoms with E-state index in [1.165, 1.54) is 41.4 Å². The average molecular weight is 293 g/mol. The van der Waals surface area contributed by atoms with Crippen LogP contribution in [-0.2, 0) is 6.54 Å². The molecule has 114 valence electrons. The molecule has 2 nitrogen and oxygen atoms in total. The second-order valence-electron chi connectivity index (χ2n) is 5.68. The first kappa shape index (κ1) is 14.7. The Morgan fingerprint density at radius 3 is 2.50 bits per heavy atom. The first-order valence-corrected chi connectivity index (χ1v) is 8.06. The van der Waals surface area contributed by atoms with Gasteiger partial charge in [0.15, 0.2) is 0 Å². The summed E-state index contributed by atoms with van der Waals surface area (Å²) in [4.78, 5) is 0. The van der Waals surface area contributed by atoms with Crippen molar-refractivity contribution in [3.63, 3.8) is 0 Å². The molecule has 0 radical (unpaired) electrons. The third kappa shape index (κ3) is 2.87. The van der Waals surface area contributed by atoms with Gasteiger partial charge in [0.25, 0.3) is 0 Å². The van der Waals surface area contributed by atoms with Crippen LogP contribution in [0.25, 0.3) is 22.2 Å². The molecule has 0 spiro atoms. The van der Waals surface area contributed by atoms with Crippen molar-refractivity contribution in [3.8, 4) is 17.0 Å². The van der Waals surface area contributed by atoms with Gasteiger partial charge in [-0.05, 0) is 30.2 Å². The summed E-state index contributed by atoms with van der Waals surface area (Å²) < 4.78 is 7.84. The molecule has 0 N–H and O–H groups in total. The maximum absolute atomic E-state index is 5.40. The maximum atomic E-state index is 5.40. The molecule has 0 saturated heterocycles. The van der Waals surface area contributed by atoms with Crippen LogP contribution >= 0.6 is 0 Å². The quantitative estimate of drug-likeness (QED) is 0.547. The highest BCUT2D eigenvalue weighted by Crippen LogP contribution is 2.31. The molecule has 22 heavy (non-hydrogen) atoms. The van der Waals surface area contributed by atoms with Crippen molar-refractivity contribution >= 4 is 10.9 Å². The van der Waals surface area contributed by atoms with Gasteiger partial charge >= 0.3 is 0 Å². The molecule has 0 aliphatic heterocycles. The summed E-state index contributed by atoms with van der Waals surface area (Å²) in [7, 11) is 1.73. The van der Waals surface area contributed by atoms with Gasteiger partial charge in [0.2, 0.25) is 0 Å². The fraction of sp³-hybridized carbons (Fsp3) is 0.300. The van der Waals surface area contributed by atoms with Crippen molar-refractivity contribution in [3.05, 3.63) is 54.6 Å². The zero-order valence-corrected chi connectivity index (χ0v) is 13.4. The summed E-state index contributed by atoms with van der Waals surface area (Å²) in [5.74, 6) is 0.918. The number of fused-ring (bicyclic) bond motifs is 1. The van der Waals surface area contributed by atoms with E-state index < -0.39 is 0 Å². The number of unbranched alkanes of at least 4 members (excludes halogenated alkanes) is 2. The van der Waals surface area contributed by atoms with Crippen molar-refractivity contribution in [2.24, 2.45) is 0 Å². The Bertz CT molecular complexity index is 743. The Labute approximate surface area is 132 Å². The van der Waals surface area contributed by atoms with E-state index in [9.17, 15) is 0 Å². The predicted octanol–water partition coefficient (Wildman–Crippen LogP) is 5.51. The fourth-order valence-electron chi connectivity index (χ4n) is 2.97. The third-order valence-electron chi connectivity index (χ3n) is 4.17. The van der Waals surface area contributed by atoms with Crippen molar-refractivity contribution in [2.75, 3.05) is 7.11 Å². The second kappa shape index (κ2) is 6.69. The van der Waals surface area contributed by atoms with E-state index in [0.717, 1.165) is 12.3 Å². The van der Waals surface area contributed by atoms with Gasteiger partial charge < -0.3 is 9.30 Å². The van der Waals surface area contributed by atoms with Gasteiger partial charge in [-0.25, -0.2) is 0 Å². The number of benzene rings is 2. The van der Waals surface area contributed by atoms with Crippen LogP contribution in [0.2, 0.25) is 0 Å². The Hall–Kier alpha value is -2.22. The van der Waals surface area contributed by atoms with E-state index in [4.69, 9.17) is 4.74 Å². The van der Waals surface area contributed by atoms with Gasteiger partial charge in [-0.2, -0.15) is 0 Å². The lowest BCUT2D eigenvalue weighted by atomic mass is 10.1. The highest BCUT2D eigenvalue weighted by Gasteiger charge is 2.11. The van der Waals surface area contributed by atoms with Crippen molar-refractivity contribution in [2.45, 2.75) is 32.7 Å². The van der Waals surface area contributed by atoms with Crippen LogP contribution in [0.4, 0.5) is 0 Å². The summed E-state index contributed by atoms with van der Waals surface area (Å²) in [6.07, 6.45) is 3.71. The van der Waals surface area contributed by atoms with Gasteiger partial charge in [-0.15, -0.1) is 0 Å². The highest BCUT2D eigenvalue weighted by atomic mass is 16.5. The molecule has 2 aromatic carbocycles. The monoisotopic (exact) mass is 293 g/mol. The van der Waals surface area contributed by atoms with E-state index in [1.807, 2.05) is 6.07 Å². The lowest BCUT2D eigenvalue weighted by molar-refractivity contribution is 0.415. The molecule has 0 aliphatic rings. The second-order valence-corrected chi connectivity index (χ2v) is 5.68. The van der Waals surface area contributed by atoms with Crippen LogP contribution < -0.4 is 4.74 Å². The standard InChI is InChI=1S/C20H23NO/c1-3-4-8-13-21-19(16-9-6-5-7-10-16)14-17-11-12-18(22-2)15-20(17)21/h5-7,9-12,14-15H,3-4,8,13H2,1-2H3. The topological polar surface area (TPSA) is 14.2 Å². The number of ether oxygens (including phenoxy) is 1. The molecule has 0 saturated carbocycles. The molecule has 0 fully saturated rings.